The number of hydrogen-bond donors (Lipinski definition) is 6. The van der Waals surface area contributed by atoms with E-state index < -0.39 is 93.6 Å². The third-order valence-electron chi connectivity index (χ3n) is 4.49. The van der Waals surface area contributed by atoms with Crippen molar-refractivity contribution in [3.8, 4) is 5.75 Å². The molecule has 3 aromatic carbocycles. The van der Waals surface area contributed by atoms with Gasteiger partial charge in [-0.15, -0.1) is 10.2 Å². The number of rotatable bonds is 6. The number of phenols is 1. The Bertz CT molecular complexity index is 1900. The summed E-state index contributed by atoms with van der Waals surface area (Å²) in [6, 6.07) is 4.18. The predicted molar refractivity (Wildman–Crippen MR) is 120 cm³/mol. The quantitative estimate of drug-likeness (QED) is 0.136. The van der Waals surface area contributed by atoms with Crippen molar-refractivity contribution in [2.45, 2.75) is 19.6 Å². The fraction of sp³-hybridized carbons (Fsp3) is 0. The van der Waals surface area contributed by atoms with Crippen LogP contribution in [0.3, 0.4) is 0 Å². The summed E-state index contributed by atoms with van der Waals surface area (Å²) in [6.45, 7) is 0. The van der Waals surface area contributed by atoms with Crippen molar-refractivity contribution in [3.63, 3.8) is 0 Å². The lowest BCUT2D eigenvalue weighted by Crippen LogP contribution is -2.08. The van der Waals surface area contributed by atoms with Gasteiger partial charge in [0.2, 0.25) is 0 Å². The maximum Gasteiger partial charge on any atom is 0.298 e. The van der Waals surface area contributed by atoms with Crippen molar-refractivity contribution < 1.29 is 57.0 Å². The molecule has 0 heterocycles. The predicted octanol–water partition coefficient (Wildman–Crippen LogP) is 1.53. The molecule has 20 heteroatoms. The van der Waals surface area contributed by atoms with E-state index in [4.69, 9.17) is 5.73 Å². The molecule has 194 valence electrons. The molecule has 0 unspecified atom stereocenters. The van der Waals surface area contributed by atoms with Gasteiger partial charge in [-0.3, -0.25) is 18.2 Å². The minimum atomic E-state index is -5.37. The Morgan fingerprint density at radius 1 is 0.694 bits per heavy atom. The monoisotopic (exact) mass is 583 g/mol. The van der Waals surface area contributed by atoms with Crippen LogP contribution in [0.1, 0.15) is 0 Å². The maximum atomic E-state index is 12.0. The number of aromatic hydroxyl groups is 1. The van der Waals surface area contributed by atoms with Crippen LogP contribution >= 0.6 is 0 Å². The van der Waals surface area contributed by atoms with Crippen molar-refractivity contribution in [1.29, 1.82) is 0 Å². The first-order chi connectivity index (χ1) is 16.2. The highest BCUT2D eigenvalue weighted by molar-refractivity contribution is 7.89. The summed E-state index contributed by atoms with van der Waals surface area (Å²) in [4.78, 5) is -4.70. The minimum absolute atomic E-state index is 0.404. The standard InChI is InChI=1S/C16H13N3O13S4/c17-14-13-7(4-8(6-10(13)20)33(21,22)23)5-12(35(27,28)29)15(14)19-18-9-2-1-3-11(34(24,25)26)16(9)36(30,31)32/h1-6,20H,17H2,(H,21,22,23)(H,24,25,26)(H,27,28,29)(H,30,31,32). The van der Waals surface area contributed by atoms with Crippen LogP contribution in [0.4, 0.5) is 17.1 Å². The number of nitrogens with two attached hydrogens (primary N) is 1. The molecule has 0 radical (unpaired) electrons. The van der Waals surface area contributed by atoms with Gasteiger partial charge in [0.05, 0.1) is 10.6 Å². The van der Waals surface area contributed by atoms with Crippen molar-refractivity contribution >= 4 is 68.3 Å². The summed E-state index contributed by atoms with van der Waals surface area (Å²) in [5.41, 5.74) is 3.29. The Hall–Kier alpha value is -3.24. The molecule has 0 aliphatic carbocycles. The SMILES string of the molecule is Nc1c(N=Nc2cccc(S(=O)(=O)O)c2S(=O)(=O)O)c(S(=O)(=O)O)cc2cc(S(=O)(=O)O)cc(O)c12. The van der Waals surface area contributed by atoms with E-state index in [0.717, 1.165) is 12.1 Å². The molecule has 0 spiro atoms. The van der Waals surface area contributed by atoms with E-state index in [1.54, 1.807) is 0 Å². The molecule has 16 nitrogen and oxygen atoms in total. The highest BCUT2D eigenvalue weighted by Gasteiger charge is 2.28. The van der Waals surface area contributed by atoms with Crippen LogP contribution in [-0.2, 0) is 40.5 Å². The Morgan fingerprint density at radius 3 is 1.78 bits per heavy atom. The van der Waals surface area contributed by atoms with Crippen LogP contribution < -0.4 is 5.73 Å². The van der Waals surface area contributed by atoms with Crippen LogP contribution in [0.25, 0.3) is 10.8 Å². The number of hydrogen-bond acceptors (Lipinski definition) is 12. The zero-order chi connectivity index (χ0) is 27.4. The molecule has 0 amide bonds. The minimum Gasteiger partial charge on any atom is -0.507 e. The van der Waals surface area contributed by atoms with Crippen LogP contribution in [-0.4, -0.2) is 57.0 Å². The van der Waals surface area contributed by atoms with Gasteiger partial charge in [0, 0.05) is 11.5 Å². The molecule has 0 fully saturated rings. The summed E-state index contributed by atoms with van der Waals surface area (Å²) in [7, 11) is -20.7. The Morgan fingerprint density at radius 2 is 1.28 bits per heavy atom. The lowest BCUT2D eigenvalue weighted by molar-refractivity contribution is 0.466. The molecule has 0 saturated heterocycles. The molecular weight excluding hydrogens is 570 g/mol. The third kappa shape index (κ3) is 5.29. The maximum absolute atomic E-state index is 12.0. The second kappa shape index (κ2) is 8.70. The largest absolute Gasteiger partial charge is 0.507 e. The average molecular weight is 584 g/mol. The van der Waals surface area contributed by atoms with E-state index in [1.807, 2.05) is 0 Å². The molecule has 0 atom stereocenters. The van der Waals surface area contributed by atoms with Gasteiger partial charge in [-0.1, -0.05) is 6.07 Å². The van der Waals surface area contributed by atoms with Crippen LogP contribution in [0.5, 0.6) is 5.75 Å². The Labute approximate surface area is 202 Å². The van der Waals surface area contributed by atoms with Crippen molar-refractivity contribution in [2.75, 3.05) is 5.73 Å². The smallest absolute Gasteiger partial charge is 0.298 e. The number of nitrogen functional groups attached to an aromatic ring is 1. The lowest BCUT2D eigenvalue weighted by atomic mass is 10.1. The van der Waals surface area contributed by atoms with Crippen molar-refractivity contribution in [3.05, 3.63) is 36.4 Å². The number of azo groups is 1. The Kier molecular flexibility index (Phi) is 6.61. The zero-order valence-electron chi connectivity index (χ0n) is 17.1. The molecule has 3 rings (SSSR count). The zero-order valence-corrected chi connectivity index (χ0v) is 20.3. The average Bonchev–Trinajstić information content (AvgIpc) is 2.69. The van der Waals surface area contributed by atoms with Gasteiger partial charge in [-0.25, -0.2) is 0 Å². The highest BCUT2D eigenvalue weighted by atomic mass is 32.2. The van der Waals surface area contributed by atoms with E-state index in [9.17, 15) is 57.0 Å². The topological polar surface area (TPSA) is 288 Å². The summed E-state index contributed by atoms with van der Waals surface area (Å²) in [5.74, 6) is -0.886. The van der Waals surface area contributed by atoms with E-state index in [1.165, 1.54) is 0 Å². The normalized spacial score (nSPS) is 13.4. The number of anilines is 1. The summed E-state index contributed by atoms with van der Waals surface area (Å²) < 4.78 is 131. The van der Waals surface area contributed by atoms with E-state index in [-0.39, 0.29) is 0 Å². The summed E-state index contributed by atoms with van der Waals surface area (Å²) in [6.07, 6.45) is 0. The van der Waals surface area contributed by atoms with Gasteiger partial charge in [0.25, 0.3) is 40.5 Å². The fourth-order valence-electron chi connectivity index (χ4n) is 3.09. The number of phenolic OH excluding ortho intramolecular Hbond substituents is 1. The molecule has 0 aliphatic rings. The van der Waals surface area contributed by atoms with Gasteiger partial charge < -0.3 is 10.8 Å². The molecule has 3 aromatic rings. The second-order valence-corrected chi connectivity index (χ2v) is 12.4. The highest BCUT2D eigenvalue weighted by Crippen LogP contribution is 2.43. The molecule has 0 aliphatic heterocycles. The van der Waals surface area contributed by atoms with Crippen LogP contribution in [0, 0.1) is 0 Å². The van der Waals surface area contributed by atoms with Crippen LogP contribution in [0.15, 0.2) is 66.2 Å². The first kappa shape index (κ1) is 27.3. The van der Waals surface area contributed by atoms with Gasteiger partial charge >= 0.3 is 0 Å². The second-order valence-electron chi connectivity index (χ2n) is 6.88. The van der Waals surface area contributed by atoms with Gasteiger partial charge in [0.15, 0.2) is 0 Å². The molecule has 0 saturated carbocycles. The molecule has 0 aromatic heterocycles. The van der Waals surface area contributed by atoms with Crippen LogP contribution in [0.2, 0.25) is 0 Å². The molecule has 0 bridgehead atoms. The fourth-order valence-corrected chi connectivity index (χ4v) is 6.21. The van der Waals surface area contributed by atoms with E-state index in [2.05, 4.69) is 10.2 Å². The molecular formula is C16H13N3O13S4. The van der Waals surface area contributed by atoms with Crippen molar-refractivity contribution in [1.82, 2.24) is 0 Å². The van der Waals surface area contributed by atoms with Gasteiger partial charge in [-0.05, 0) is 29.7 Å². The molecule has 7 N–H and O–H groups in total. The van der Waals surface area contributed by atoms with Gasteiger partial charge in [-0.2, -0.15) is 33.7 Å². The number of fused-ring (bicyclic) bond motifs is 1. The summed E-state index contributed by atoms with van der Waals surface area (Å²) in [5, 5.41) is 16.2. The first-order valence-corrected chi connectivity index (χ1v) is 14.5. The molecule has 36 heavy (non-hydrogen) atoms. The Balaban J connectivity index is 2.42. The van der Waals surface area contributed by atoms with E-state index >= 15 is 0 Å². The first-order valence-electron chi connectivity index (χ1n) is 8.77. The van der Waals surface area contributed by atoms with Gasteiger partial charge in [0.1, 0.15) is 31.8 Å². The lowest BCUT2D eigenvalue weighted by Gasteiger charge is -2.12. The number of benzene rings is 3. The summed E-state index contributed by atoms with van der Waals surface area (Å²) >= 11 is 0. The third-order valence-corrected chi connectivity index (χ3v) is 8.16. The van der Waals surface area contributed by atoms with E-state index in [0.29, 0.717) is 24.3 Å². The van der Waals surface area contributed by atoms with Crippen molar-refractivity contribution in [2.24, 2.45) is 10.2 Å². The number of nitrogens with zero attached hydrogens (tertiary/aromatic N) is 2.